The van der Waals surface area contributed by atoms with Gasteiger partial charge in [-0.05, 0) is 73.9 Å². The summed E-state index contributed by atoms with van der Waals surface area (Å²) < 4.78 is 0. The van der Waals surface area contributed by atoms with E-state index in [0.29, 0.717) is 0 Å². The van der Waals surface area contributed by atoms with Crippen molar-refractivity contribution in [2.45, 2.75) is 79.7 Å². The van der Waals surface area contributed by atoms with E-state index in [2.05, 4.69) is 134 Å². The van der Waals surface area contributed by atoms with Gasteiger partial charge in [0.05, 0.1) is 0 Å². The molecule has 45 heavy (non-hydrogen) atoms. The summed E-state index contributed by atoms with van der Waals surface area (Å²) in [7, 11) is -3.70. The molecule has 3 heterocycles. The van der Waals surface area contributed by atoms with Crippen molar-refractivity contribution in [2.75, 3.05) is 14.9 Å². The van der Waals surface area contributed by atoms with Crippen LogP contribution >= 0.6 is 0 Å². The van der Waals surface area contributed by atoms with Gasteiger partial charge in [0, 0.05) is 44.8 Å². The predicted octanol–water partition coefficient (Wildman–Crippen LogP) is 9.53. The van der Waals surface area contributed by atoms with Crippen LogP contribution in [0.15, 0.2) is 85.3 Å². The summed E-state index contributed by atoms with van der Waals surface area (Å²) in [4.78, 5) is 23.1. The fraction of sp³-hybridized carbons (Fsp3) is 0.343. The first kappa shape index (κ1) is 42.2. The molecule has 240 valence electrons. The second-order valence-electron chi connectivity index (χ2n) is 13.8. The molecule has 0 aliphatic heterocycles. The number of benzene rings is 1. The number of nitrogens with zero attached hydrogens (tertiary/aromatic N) is 3. The van der Waals surface area contributed by atoms with Gasteiger partial charge in [0.2, 0.25) is 0 Å². The molecule has 0 fully saturated rings. The van der Waals surface area contributed by atoms with Crippen molar-refractivity contribution in [3.63, 3.8) is 0 Å². The Morgan fingerprint density at radius 2 is 0.800 bits per heavy atom. The van der Waals surface area contributed by atoms with E-state index in [1.807, 2.05) is 67.1 Å². The molecule has 0 saturated carbocycles. The van der Waals surface area contributed by atoms with Gasteiger partial charge in [0.25, 0.3) is 0 Å². The maximum Gasteiger partial charge on any atom is 0.145 e. The largest absolute Gasteiger partial charge is 0.396 e. The van der Waals surface area contributed by atoms with Crippen LogP contribution in [0.4, 0.5) is 17.5 Å². The molecule has 0 aliphatic rings. The van der Waals surface area contributed by atoms with Gasteiger partial charge in [0.15, 0.2) is 0 Å². The Morgan fingerprint density at radius 3 is 1.00 bits per heavy atom. The Hall–Kier alpha value is -2.84. The van der Waals surface area contributed by atoms with Crippen molar-refractivity contribution in [1.29, 1.82) is 0 Å². The molecule has 0 unspecified atom stereocenters. The summed E-state index contributed by atoms with van der Waals surface area (Å²) in [5, 5.41) is 0. The predicted molar refractivity (Wildman–Crippen MR) is 201 cm³/mol. The van der Waals surface area contributed by atoms with Gasteiger partial charge in [-0.1, -0.05) is 77.1 Å². The smallest absolute Gasteiger partial charge is 0.145 e. The van der Waals surface area contributed by atoms with Crippen LogP contribution in [0.3, 0.4) is 0 Å². The van der Waals surface area contributed by atoms with Crippen LogP contribution in [0, 0.1) is 33.1 Å². The molecule has 0 bridgehead atoms. The van der Waals surface area contributed by atoms with Crippen molar-refractivity contribution in [1.82, 2.24) is 15.0 Å². The van der Waals surface area contributed by atoms with Gasteiger partial charge in [-0.15, -0.1) is 17.7 Å². The van der Waals surface area contributed by atoms with E-state index < -0.39 is 24.7 Å². The van der Waals surface area contributed by atoms with Crippen LogP contribution in [-0.2, 0) is 26.2 Å². The Kier molecular flexibility index (Phi) is 19.0. The van der Waals surface area contributed by atoms with Crippen LogP contribution in [0.1, 0.15) is 22.3 Å². The summed E-state index contributed by atoms with van der Waals surface area (Å²) in [5.41, 5.74) is 4.59. The average molecular weight is 733 g/mol. The fourth-order valence-electron chi connectivity index (χ4n) is 3.49. The second-order valence-corrected chi connectivity index (χ2v) is 28.0. The Balaban J connectivity index is 0.000000575. The summed E-state index contributed by atoms with van der Waals surface area (Å²) in [5.74, 6) is 5.30. The topological polar surface area (TPSA) is 74.8 Å². The van der Waals surface area contributed by atoms with Gasteiger partial charge in [-0.25, -0.2) is 15.0 Å². The monoisotopic (exact) mass is 731 g/mol. The second kappa shape index (κ2) is 20.3. The molecule has 0 amide bonds. The zero-order valence-electron chi connectivity index (χ0n) is 29.4. The van der Waals surface area contributed by atoms with E-state index in [4.69, 9.17) is 6.42 Å². The molecule has 6 nitrogen and oxygen atoms in total. The van der Waals surface area contributed by atoms with Gasteiger partial charge >= 0.3 is 0 Å². The molecule has 0 aliphatic carbocycles. The number of aryl methyl sites for hydroxylation is 3. The number of hydrogen-bond donors (Lipinski definition) is 3. The first-order chi connectivity index (χ1) is 20.3. The van der Waals surface area contributed by atoms with Crippen LogP contribution in [0.5, 0.6) is 0 Å². The minimum Gasteiger partial charge on any atom is -0.396 e. The van der Waals surface area contributed by atoms with Gasteiger partial charge in [-0.3, -0.25) is 5.92 Å². The summed E-state index contributed by atoms with van der Waals surface area (Å²) in [6.07, 6.45) is 12.2. The Bertz CT molecular complexity index is 1300. The first-order valence-corrected chi connectivity index (χ1v) is 25.5. The zero-order chi connectivity index (χ0) is 33.4. The minimum absolute atomic E-state index is 0. The van der Waals surface area contributed by atoms with E-state index in [1.54, 1.807) is 0 Å². The van der Waals surface area contributed by atoms with E-state index >= 15 is 0 Å². The molecule has 0 radical (unpaired) electrons. The van der Waals surface area contributed by atoms with E-state index in [9.17, 15) is 0 Å². The number of aromatic nitrogens is 3. The molecular formula is C35H53N6Si3Zr-. The molecule has 10 heteroatoms. The van der Waals surface area contributed by atoms with Crippen LogP contribution in [-0.4, -0.2) is 39.7 Å². The molecule has 3 N–H and O–H groups in total. The number of pyridine rings is 3. The summed E-state index contributed by atoms with van der Waals surface area (Å²) >= 11 is 0. The van der Waals surface area contributed by atoms with Gasteiger partial charge in [0.1, 0.15) is 42.2 Å². The number of anilines is 3. The molecule has 0 atom stereocenters. The maximum absolute atomic E-state index is 6.69. The Labute approximate surface area is 296 Å². The van der Waals surface area contributed by atoms with Crippen molar-refractivity contribution >= 4 is 42.2 Å². The fourth-order valence-corrected chi connectivity index (χ4v) is 6.20. The minimum atomic E-state index is -1.23. The number of nitrogens with one attached hydrogen (secondary N) is 3. The van der Waals surface area contributed by atoms with Crippen LogP contribution in [0.25, 0.3) is 0 Å². The third-order valence-electron chi connectivity index (χ3n) is 5.17. The number of rotatable bonds is 6. The van der Waals surface area contributed by atoms with Gasteiger partial charge < -0.3 is 21.4 Å². The first-order valence-electron chi connectivity index (χ1n) is 15.0. The third-order valence-corrected chi connectivity index (χ3v) is 8.19. The third kappa shape index (κ3) is 23.2. The molecule has 0 spiro atoms. The molecule has 3 aromatic heterocycles. The quantitative estimate of drug-likeness (QED) is 0.104. The van der Waals surface area contributed by atoms with Crippen molar-refractivity contribution < 1.29 is 26.2 Å². The van der Waals surface area contributed by atoms with E-state index in [-0.39, 0.29) is 26.2 Å². The molecular weight excluding hydrogens is 680 g/mol. The molecule has 1 aromatic carbocycles. The van der Waals surface area contributed by atoms with Crippen molar-refractivity contribution in [3.05, 3.63) is 114 Å². The number of hydrogen-bond acceptors (Lipinski definition) is 6. The van der Waals surface area contributed by atoms with Crippen molar-refractivity contribution in [3.8, 4) is 5.92 Å². The summed E-state index contributed by atoms with van der Waals surface area (Å²) in [6.45, 7) is 26.6. The normalized spacial score (nSPS) is 10.5. The van der Waals surface area contributed by atoms with E-state index in [1.165, 1.54) is 16.7 Å². The van der Waals surface area contributed by atoms with E-state index in [0.717, 1.165) is 23.0 Å². The molecule has 4 aromatic rings. The summed E-state index contributed by atoms with van der Waals surface area (Å²) in [6, 6.07) is 21.6. The SMILES string of the molecule is Cc1ccnc(N[Si](C)(C)C)c1.Cc1ccnc(N[Si](C)(C)C)c1.Cc1ccnc(N[Si](C)(C)C)c1.[C-]#Cc1ccccc1.[Zr]. The zero-order valence-corrected chi connectivity index (χ0v) is 34.9. The maximum atomic E-state index is 6.69. The average Bonchev–Trinajstić information content (AvgIpc) is 2.87. The van der Waals surface area contributed by atoms with Crippen LogP contribution < -0.4 is 14.9 Å². The van der Waals surface area contributed by atoms with Gasteiger partial charge in [-0.2, -0.15) is 0 Å². The molecule has 4 rings (SSSR count). The standard InChI is InChI=1S/3C9H16N2Si.C8H5.Zr/c3*1-8-5-6-10-9(7-8)11-12(2,3)4;1-2-8-6-4-3-5-7-8;/h3*5-7H,1-4H3,(H,10,11);3-7H;/q;;;-1;. The molecule has 0 saturated heterocycles. The van der Waals surface area contributed by atoms with Crippen LogP contribution in [0.2, 0.25) is 58.9 Å². The van der Waals surface area contributed by atoms with Crippen molar-refractivity contribution in [2.24, 2.45) is 0 Å². The Morgan fingerprint density at radius 1 is 0.511 bits per heavy atom.